The van der Waals surface area contributed by atoms with Gasteiger partial charge in [0.15, 0.2) is 0 Å². The van der Waals surface area contributed by atoms with Crippen LogP contribution in [0.4, 0.5) is 5.69 Å². The predicted octanol–water partition coefficient (Wildman–Crippen LogP) is 5.33. The molecular formula is C17H20BrNO. The first kappa shape index (κ1) is 14.9. The number of anilines is 1. The zero-order chi connectivity index (χ0) is 14.5. The second kappa shape index (κ2) is 6.80. The van der Waals surface area contributed by atoms with Crippen molar-refractivity contribution in [3.05, 3.63) is 58.1 Å². The van der Waals surface area contributed by atoms with Gasteiger partial charge in [0, 0.05) is 5.69 Å². The maximum absolute atomic E-state index is 5.25. The molecule has 3 heteroatoms. The van der Waals surface area contributed by atoms with E-state index in [4.69, 9.17) is 4.74 Å². The number of rotatable bonds is 5. The first-order chi connectivity index (χ1) is 9.63. The van der Waals surface area contributed by atoms with Crippen LogP contribution >= 0.6 is 15.9 Å². The van der Waals surface area contributed by atoms with E-state index in [1.54, 1.807) is 7.11 Å². The van der Waals surface area contributed by atoms with E-state index in [0.717, 1.165) is 22.3 Å². The molecule has 0 aliphatic carbocycles. The number of methoxy groups -OCH3 is 1. The largest absolute Gasteiger partial charge is 0.496 e. The molecule has 2 nitrogen and oxygen atoms in total. The molecule has 0 aliphatic heterocycles. The summed E-state index contributed by atoms with van der Waals surface area (Å²) in [5.74, 6) is 0.846. The van der Waals surface area contributed by atoms with E-state index < -0.39 is 0 Å². The molecule has 106 valence electrons. The molecule has 0 heterocycles. The van der Waals surface area contributed by atoms with Crippen molar-refractivity contribution in [2.45, 2.75) is 26.3 Å². The zero-order valence-electron chi connectivity index (χ0n) is 12.1. The third-order valence-corrected chi connectivity index (χ3v) is 4.00. The van der Waals surface area contributed by atoms with E-state index in [-0.39, 0.29) is 0 Å². The van der Waals surface area contributed by atoms with Gasteiger partial charge in [-0.3, -0.25) is 0 Å². The number of aryl methyl sites for hydroxylation is 1. The van der Waals surface area contributed by atoms with Crippen molar-refractivity contribution in [1.82, 2.24) is 0 Å². The SMILES string of the molecule is CCC(Nc1ccc(OC)c(Br)c1)c1ccc(C)cc1. The van der Waals surface area contributed by atoms with E-state index in [0.29, 0.717) is 6.04 Å². The van der Waals surface area contributed by atoms with Crippen LogP contribution in [0.5, 0.6) is 5.75 Å². The van der Waals surface area contributed by atoms with Gasteiger partial charge < -0.3 is 10.1 Å². The van der Waals surface area contributed by atoms with Crippen LogP contribution in [0, 0.1) is 6.92 Å². The molecule has 20 heavy (non-hydrogen) atoms. The van der Waals surface area contributed by atoms with Gasteiger partial charge in [0.05, 0.1) is 17.6 Å². The fourth-order valence-corrected chi connectivity index (χ4v) is 2.72. The lowest BCUT2D eigenvalue weighted by Gasteiger charge is -2.19. The molecule has 0 bridgehead atoms. The number of nitrogens with one attached hydrogen (secondary N) is 1. The molecule has 2 aromatic rings. The van der Waals surface area contributed by atoms with Gasteiger partial charge in [-0.25, -0.2) is 0 Å². The average Bonchev–Trinajstić information content (AvgIpc) is 2.46. The Bertz CT molecular complexity index is 566. The van der Waals surface area contributed by atoms with Crippen LogP contribution < -0.4 is 10.1 Å². The number of benzene rings is 2. The summed E-state index contributed by atoms with van der Waals surface area (Å²) >= 11 is 3.52. The molecule has 2 rings (SSSR count). The van der Waals surface area contributed by atoms with E-state index in [1.807, 2.05) is 12.1 Å². The Morgan fingerprint density at radius 3 is 2.40 bits per heavy atom. The van der Waals surface area contributed by atoms with E-state index in [9.17, 15) is 0 Å². The fourth-order valence-electron chi connectivity index (χ4n) is 2.18. The minimum absolute atomic E-state index is 0.316. The first-order valence-corrected chi connectivity index (χ1v) is 7.60. The molecule has 0 amide bonds. The van der Waals surface area contributed by atoms with Gasteiger partial charge >= 0.3 is 0 Å². The fraction of sp³-hybridized carbons (Fsp3) is 0.294. The van der Waals surface area contributed by atoms with Gasteiger partial charge in [-0.15, -0.1) is 0 Å². The number of hydrogen-bond donors (Lipinski definition) is 1. The minimum Gasteiger partial charge on any atom is -0.496 e. The van der Waals surface area contributed by atoms with Gasteiger partial charge in [-0.1, -0.05) is 36.8 Å². The minimum atomic E-state index is 0.316. The standard InChI is InChI=1S/C17H20BrNO/c1-4-16(13-7-5-12(2)6-8-13)19-14-9-10-17(20-3)15(18)11-14/h5-11,16,19H,4H2,1-3H3. The average molecular weight is 334 g/mol. The molecule has 0 fully saturated rings. The Hall–Kier alpha value is -1.48. The van der Waals surface area contributed by atoms with Gasteiger partial charge in [0.1, 0.15) is 5.75 Å². The summed E-state index contributed by atoms with van der Waals surface area (Å²) in [6.45, 7) is 4.30. The molecule has 0 spiro atoms. The van der Waals surface area contributed by atoms with E-state index in [1.165, 1.54) is 11.1 Å². The van der Waals surface area contributed by atoms with Crippen molar-refractivity contribution >= 4 is 21.6 Å². The van der Waals surface area contributed by atoms with Crippen LogP contribution in [0.3, 0.4) is 0 Å². The molecule has 0 saturated heterocycles. The Kier molecular flexibility index (Phi) is 5.07. The molecule has 2 aromatic carbocycles. The van der Waals surface area contributed by atoms with Gasteiger partial charge in [0.25, 0.3) is 0 Å². The smallest absolute Gasteiger partial charge is 0.133 e. The third kappa shape index (κ3) is 3.54. The van der Waals surface area contributed by atoms with Crippen molar-refractivity contribution in [2.75, 3.05) is 12.4 Å². The lowest BCUT2D eigenvalue weighted by Crippen LogP contribution is -2.09. The van der Waals surface area contributed by atoms with Crippen LogP contribution in [-0.4, -0.2) is 7.11 Å². The Labute approximate surface area is 129 Å². The van der Waals surface area contributed by atoms with Crippen molar-refractivity contribution in [3.63, 3.8) is 0 Å². The van der Waals surface area contributed by atoms with Gasteiger partial charge in [-0.2, -0.15) is 0 Å². The highest BCUT2D eigenvalue weighted by Gasteiger charge is 2.10. The topological polar surface area (TPSA) is 21.3 Å². The first-order valence-electron chi connectivity index (χ1n) is 6.80. The summed E-state index contributed by atoms with van der Waals surface area (Å²) in [6, 6.07) is 15.1. The Morgan fingerprint density at radius 1 is 1.15 bits per heavy atom. The van der Waals surface area contributed by atoms with E-state index >= 15 is 0 Å². The van der Waals surface area contributed by atoms with Crippen molar-refractivity contribution in [3.8, 4) is 5.75 Å². The molecule has 1 N–H and O–H groups in total. The van der Waals surface area contributed by atoms with Crippen molar-refractivity contribution in [1.29, 1.82) is 0 Å². The maximum Gasteiger partial charge on any atom is 0.133 e. The molecule has 0 saturated carbocycles. The van der Waals surface area contributed by atoms with Crippen molar-refractivity contribution in [2.24, 2.45) is 0 Å². The molecule has 1 unspecified atom stereocenters. The van der Waals surface area contributed by atoms with Crippen LogP contribution in [0.1, 0.15) is 30.5 Å². The second-order valence-electron chi connectivity index (χ2n) is 4.87. The van der Waals surface area contributed by atoms with Crippen LogP contribution in [0.15, 0.2) is 46.9 Å². The Morgan fingerprint density at radius 2 is 1.85 bits per heavy atom. The van der Waals surface area contributed by atoms with Gasteiger partial charge in [-0.05, 0) is 53.0 Å². The zero-order valence-corrected chi connectivity index (χ0v) is 13.7. The van der Waals surface area contributed by atoms with Gasteiger partial charge in [0.2, 0.25) is 0 Å². The third-order valence-electron chi connectivity index (χ3n) is 3.38. The highest BCUT2D eigenvalue weighted by molar-refractivity contribution is 9.10. The summed E-state index contributed by atoms with van der Waals surface area (Å²) < 4.78 is 6.22. The number of ether oxygens (including phenoxy) is 1. The highest BCUT2D eigenvalue weighted by Crippen LogP contribution is 2.30. The maximum atomic E-state index is 5.25. The predicted molar refractivity (Wildman–Crippen MR) is 88.5 cm³/mol. The lowest BCUT2D eigenvalue weighted by atomic mass is 10.0. The van der Waals surface area contributed by atoms with Crippen molar-refractivity contribution < 1.29 is 4.74 Å². The Balaban J connectivity index is 2.17. The summed E-state index contributed by atoms with van der Waals surface area (Å²) in [5.41, 5.74) is 3.69. The molecular weight excluding hydrogens is 314 g/mol. The summed E-state index contributed by atoms with van der Waals surface area (Å²) in [6.07, 6.45) is 1.03. The monoisotopic (exact) mass is 333 g/mol. The second-order valence-corrected chi connectivity index (χ2v) is 5.72. The lowest BCUT2D eigenvalue weighted by molar-refractivity contribution is 0.412. The quantitative estimate of drug-likeness (QED) is 0.798. The summed E-state index contributed by atoms with van der Waals surface area (Å²) in [7, 11) is 1.67. The molecule has 0 radical (unpaired) electrons. The number of halogens is 1. The van der Waals surface area contributed by atoms with E-state index in [2.05, 4.69) is 65.4 Å². The van der Waals surface area contributed by atoms with Crippen LogP contribution in [-0.2, 0) is 0 Å². The van der Waals surface area contributed by atoms with Crippen LogP contribution in [0.25, 0.3) is 0 Å². The normalized spacial score (nSPS) is 12.0. The summed E-state index contributed by atoms with van der Waals surface area (Å²) in [5, 5.41) is 3.57. The van der Waals surface area contributed by atoms with Crippen LogP contribution in [0.2, 0.25) is 0 Å². The molecule has 0 aliphatic rings. The summed E-state index contributed by atoms with van der Waals surface area (Å²) in [4.78, 5) is 0. The highest BCUT2D eigenvalue weighted by atomic mass is 79.9. The molecule has 0 aromatic heterocycles. The molecule has 1 atom stereocenters. The number of hydrogen-bond acceptors (Lipinski definition) is 2.